The standard InChI is InChI=1S/C16H24F3N3O/c1-15(2,3)22-14(23)21-13-8-7-12(16(17,18)19)10-11(13)6-4-5-9-20/h7-8,10H,4-6,9,20H2,1-3H3,(H2,21,22,23). The normalized spacial score (nSPS) is 12.1. The third-order valence-electron chi connectivity index (χ3n) is 3.07. The molecule has 130 valence electrons. The number of benzene rings is 1. The zero-order valence-corrected chi connectivity index (χ0v) is 13.7. The molecule has 0 saturated carbocycles. The van der Waals surface area contributed by atoms with Crippen LogP contribution in [0.3, 0.4) is 0 Å². The van der Waals surface area contributed by atoms with Crippen LogP contribution < -0.4 is 16.4 Å². The lowest BCUT2D eigenvalue weighted by Gasteiger charge is -2.22. The molecule has 0 aliphatic rings. The molecular formula is C16H24F3N3O. The van der Waals surface area contributed by atoms with Crippen LogP contribution >= 0.6 is 0 Å². The van der Waals surface area contributed by atoms with E-state index >= 15 is 0 Å². The number of alkyl halides is 3. The van der Waals surface area contributed by atoms with Gasteiger partial charge in [0, 0.05) is 11.2 Å². The van der Waals surface area contributed by atoms with Crippen molar-refractivity contribution in [2.75, 3.05) is 11.9 Å². The first kappa shape index (κ1) is 19.3. The van der Waals surface area contributed by atoms with Crippen LogP contribution in [0.15, 0.2) is 18.2 Å². The van der Waals surface area contributed by atoms with Gasteiger partial charge in [-0.2, -0.15) is 13.2 Å². The Balaban J connectivity index is 2.97. The largest absolute Gasteiger partial charge is 0.416 e. The highest BCUT2D eigenvalue weighted by atomic mass is 19.4. The molecule has 0 aromatic heterocycles. The number of carbonyl (C=O) groups excluding carboxylic acids is 1. The molecule has 0 heterocycles. The molecule has 0 aliphatic heterocycles. The molecule has 0 saturated heterocycles. The molecule has 1 aromatic rings. The van der Waals surface area contributed by atoms with Crippen LogP contribution in [0.1, 0.15) is 44.7 Å². The number of aryl methyl sites for hydroxylation is 1. The fraction of sp³-hybridized carbons (Fsp3) is 0.562. The topological polar surface area (TPSA) is 67.2 Å². The molecule has 0 bridgehead atoms. The fourth-order valence-electron chi connectivity index (χ4n) is 2.05. The van der Waals surface area contributed by atoms with E-state index in [0.717, 1.165) is 12.1 Å². The Bertz CT molecular complexity index is 536. The average Bonchev–Trinajstić information content (AvgIpc) is 2.37. The lowest BCUT2D eigenvalue weighted by Crippen LogP contribution is -2.43. The second-order valence-corrected chi connectivity index (χ2v) is 6.44. The molecule has 0 atom stereocenters. The van der Waals surface area contributed by atoms with Crippen molar-refractivity contribution in [3.05, 3.63) is 29.3 Å². The number of amides is 2. The van der Waals surface area contributed by atoms with E-state index < -0.39 is 23.3 Å². The summed E-state index contributed by atoms with van der Waals surface area (Å²) in [5.41, 5.74) is 5.11. The number of hydrogen-bond acceptors (Lipinski definition) is 2. The van der Waals surface area contributed by atoms with Crippen molar-refractivity contribution in [3.8, 4) is 0 Å². The van der Waals surface area contributed by atoms with Gasteiger partial charge in [0.2, 0.25) is 0 Å². The minimum Gasteiger partial charge on any atom is -0.333 e. The molecule has 0 radical (unpaired) electrons. The smallest absolute Gasteiger partial charge is 0.333 e. The maximum atomic E-state index is 12.9. The quantitative estimate of drug-likeness (QED) is 0.716. The van der Waals surface area contributed by atoms with Crippen molar-refractivity contribution in [1.29, 1.82) is 0 Å². The van der Waals surface area contributed by atoms with Crippen LogP contribution in [0, 0.1) is 0 Å². The van der Waals surface area contributed by atoms with E-state index in [-0.39, 0.29) is 0 Å². The van der Waals surface area contributed by atoms with Gasteiger partial charge in [-0.3, -0.25) is 0 Å². The molecule has 0 fully saturated rings. The summed E-state index contributed by atoms with van der Waals surface area (Å²) in [6.07, 6.45) is -2.61. The lowest BCUT2D eigenvalue weighted by molar-refractivity contribution is -0.137. The number of unbranched alkanes of at least 4 members (excludes halogenated alkanes) is 1. The number of nitrogens with two attached hydrogens (primary N) is 1. The number of halogens is 3. The number of urea groups is 1. The van der Waals surface area contributed by atoms with Crippen molar-refractivity contribution in [1.82, 2.24) is 5.32 Å². The molecule has 7 heteroatoms. The van der Waals surface area contributed by atoms with Crippen molar-refractivity contribution in [2.45, 2.75) is 51.7 Å². The Morgan fingerprint density at radius 1 is 1.17 bits per heavy atom. The van der Waals surface area contributed by atoms with Gasteiger partial charge in [-0.1, -0.05) is 0 Å². The summed E-state index contributed by atoms with van der Waals surface area (Å²) >= 11 is 0. The molecule has 2 amide bonds. The Morgan fingerprint density at radius 3 is 2.35 bits per heavy atom. The van der Waals surface area contributed by atoms with Gasteiger partial charge >= 0.3 is 12.2 Å². The van der Waals surface area contributed by atoms with E-state index in [2.05, 4.69) is 10.6 Å². The van der Waals surface area contributed by atoms with Crippen molar-refractivity contribution in [3.63, 3.8) is 0 Å². The first-order chi connectivity index (χ1) is 10.5. The van der Waals surface area contributed by atoms with E-state index in [0.29, 0.717) is 37.1 Å². The summed E-state index contributed by atoms with van der Waals surface area (Å²) in [4.78, 5) is 11.9. The summed E-state index contributed by atoms with van der Waals surface area (Å²) in [5.74, 6) is 0. The van der Waals surface area contributed by atoms with Gasteiger partial charge in [-0.15, -0.1) is 0 Å². The fourth-order valence-corrected chi connectivity index (χ4v) is 2.05. The number of carbonyl (C=O) groups is 1. The average molecular weight is 331 g/mol. The SMILES string of the molecule is CC(C)(C)NC(=O)Nc1ccc(C(F)(F)F)cc1CCCCN. The molecule has 0 unspecified atom stereocenters. The number of rotatable bonds is 5. The van der Waals surface area contributed by atoms with Gasteiger partial charge in [-0.25, -0.2) is 4.79 Å². The summed E-state index contributed by atoms with van der Waals surface area (Å²) in [5, 5.41) is 5.34. The maximum Gasteiger partial charge on any atom is 0.416 e. The van der Waals surface area contributed by atoms with Gasteiger partial charge in [0.25, 0.3) is 0 Å². The summed E-state index contributed by atoms with van der Waals surface area (Å²) < 4.78 is 38.6. The predicted molar refractivity (Wildman–Crippen MR) is 85.3 cm³/mol. The van der Waals surface area contributed by atoms with Crippen molar-refractivity contribution >= 4 is 11.7 Å². The van der Waals surface area contributed by atoms with Gasteiger partial charge in [-0.05, 0) is 70.3 Å². The second-order valence-electron chi connectivity index (χ2n) is 6.44. The molecule has 4 nitrogen and oxygen atoms in total. The second kappa shape index (κ2) is 7.68. The molecular weight excluding hydrogens is 307 g/mol. The van der Waals surface area contributed by atoms with Gasteiger partial charge in [0.1, 0.15) is 0 Å². The Labute approximate surface area is 134 Å². The molecule has 23 heavy (non-hydrogen) atoms. The van der Waals surface area contributed by atoms with Gasteiger partial charge < -0.3 is 16.4 Å². The Kier molecular flexibility index (Phi) is 6.44. The zero-order chi connectivity index (χ0) is 17.7. The van der Waals surface area contributed by atoms with Crippen LogP contribution in [-0.4, -0.2) is 18.1 Å². The highest BCUT2D eigenvalue weighted by molar-refractivity contribution is 5.90. The van der Waals surface area contributed by atoms with E-state index in [1.54, 1.807) is 0 Å². The lowest BCUT2D eigenvalue weighted by atomic mass is 10.0. The third kappa shape index (κ3) is 6.90. The Morgan fingerprint density at radius 2 is 1.83 bits per heavy atom. The van der Waals surface area contributed by atoms with Crippen LogP contribution in [0.5, 0.6) is 0 Å². The van der Waals surface area contributed by atoms with E-state index in [1.807, 2.05) is 20.8 Å². The zero-order valence-electron chi connectivity index (χ0n) is 13.7. The van der Waals surface area contributed by atoms with Crippen LogP contribution in [0.25, 0.3) is 0 Å². The minimum absolute atomic E-state index is 0.386. The summed E-state index contributed by atoms with van der Waals surface area (Å²) in [6.45, 7) is 5.94. The number of anilines is 1. The molecule has 1 rings (SSSR count). The van der Waals surface area contributed by atoms with Gasteiger partial charge in [0.15, 0.2) is 0 Å². The summed E-state index contributed by atoms with van der Waals surface area (Å²) in [6, 6.07) is 2.91. The molecule has 0 spiro atoms. The van der Waals surface area contributed by atoms with Gasteiger partial charge in [0.05, 0.1) is 5.56 Å². The number of nitrogens with one attached hydrogen (secondary N) is 2. The molecule has 1 aromatic carbocycles. The van der Waals surface area contributed by atoms with Crippen molar-refractivity contribution in [2.24, 2.45) is 5.73 Å². The summed E-state index contributed by atoms with van der Waals surface area (Å²) in [7, 11) is 0. The van der Waals surface area contributed by atoms with Crippen molar-refractivity contribution < 1.29 is 18.0 Å². The molecule has 0 aliphatic carbocycles. The third-order valence-corrected chi connectivity index (χ3v) is 3.07. The van der Waals surface area contributed by atoms with Crippen LogP contribution in [-0.2, 0) is 12.6 Å². The van der Waals surface area contributed by atoms with E-state index in [4.69, 9.17) is 5.73 Å². The predicted octanol–water partition coefficient (Wildman–Crippen LogP) is 3.91. The first-order valence-corrected chi connectivity index (χ1v) is 7.52. The molecule has 4 N–H and O–H groups in total. The monoisotopic (exact) mass is 331 g/mol. The highest BCUT2D eigenvalue weighted by Gasteiger charge is 2.31. The van der Waals surface area contributed by atoms with E-state index in [1.165, 1.54) is 6.07 Å². The Hall–Kier alpha value is -1.76. The number of hydrogen-bond donors (Lipinski definition) is 3. The van der Waals surface area contributed by atoms with Crippen LogP contribution in [0.2, 0.25) is 0 Å². The van der Waals surface area contributed by atoms with E-state index in [9.17, 15) is 18.0 Å². The first-order valence-electron chi connectivity index (χ1n) is 7.52. The van der Waals surface area contributed by atoms with Crippen LogP contribution in [0.4, 0.5) is 23.7 Å². The minimum atomic E-state index is -4.41. The maximum absolute atomic E-state index is 12.9. The highest BCUT2D eigenvalue weighted by Crippen LogP contribution is 2.32.